The molecule has 2 atom stereocenters. The first kappa shape index (κ1) is 13.0. The van der Waals surface area contributed by atoms with Gasteiger partial charge in [0.15, 0.2) is 0 Å². The number of methoxy groups -OCH3 is 1. The Morgan fingerprint density at radius 1 is 1.62 bits per heavy atom. The quantitative estimate of drug-likeness (QED) is 0.688. The molecule has 0 saturated carbocycles. The summed E-state index contributed by atoms with van der Waals surface area (Å²) in [7, 11) is 1.63. The molecule has 0 saturated heterocycles. The van der Waals surface area contributed by atoms with E-state index in [9.17, 15) is 4.79 Å². The molecule has 0 heterocycles. The van der Waals surface area contributed by atoms with Crippen LogP contribution in [0.1, 0.15) is 34.1 Å². The van der Waals surface area contributed by atoms with Gasteiger partial charge in [-0.3, -0.25) is 4.79 Å². The first-order valence-electron chi connectivity index (χ1n) is 5.60. The van der Waals surface area contributed by atoms with Crippen LogP contribution in [0.15, 0.2) is 23.8 Å². The maximum atomic E-state index is 11.8. The van der Waals surface area contributed by atoms with E-state index in [4.69, 9.17) is 4.74 Å². The summed E-state index contributed by atoms with van der Waals surface area (Å²) in [5.41, 5.74) is 0.921. The standard InChI is InChI=1S/C13H21NO2/c1-10-8-6-7-9-13(10,4)14(11(2)15)12(3)16-5/h6-8,12H,9H2,1-5H3. The summed E-state index contributed by atoms with van der Waals surface area (Å²) in [6.07, 6.45) is 6.81. The monoisotopic (exact) mass is 223 g/mol. The van der Waals surface area contributed by atoms with Crippen molar-refractivity contribution in [1.29, 1.82) is 0 Å². The molecule has 0 aromatic heterocycles. The van der Waals surface area contributed by atoms with Crippen molar-refractivity contribution < 1.29 is 9.53 Å². The smallest absolute Gasteiger partial charge is 0.222 e. The minimum Gasteiger partial charge on any atom is -0.362 e. The second-order valence-electron chi connectivity index (χ2n) is 4.48. The first-order valence-corrected chi connectivity index (χ1v) is 5.60. The van der Waals surface area contributed by atoms with Crippen molar-refractivity contribution >= 4 is 5.91 Å². The van der Waals surface area contributed by atoms with Crippen molar-refractivity contribution in [3.05, 3.63) is 23.8 Å². The summed E-state index contributed by atoms with van der Waals surface area (Å²) < 4.78 is 5.29. The van der Waals surface area contributed by atoms with Crippen LogP contribution in [0.2, 0.25) is 0 Å². The van der Waals surface area contributed by atoms with E-state index in [1.54, 1.807) is 14.0 Å². The van der Waals surface area contributed by atoms with Crippen LogP contribution in [0.4, 0.5) is 0 Å². The molecule has 1 rings (SSSR count). The molecule has 0 aromatic carbocycles. The van der Waals surface area contributed by atoms with Gasteiger partial charge in [0, 0.05) is 14.0 Å². The fourth-order valence-corrected chi connectivity index (χ4v) is 2.25. The van der Waals surface area contributed by atoms with E-state index < -0.39 is 0 Å². The fraction of sp³-hybridized carbons (Fsp3) is 0.615. The van der Waals surface area contributed by atoms with Gasteiger partial charge in [-0.1, -0.05) is 18.2 Å². The van der Waals surface area contributed by atoms with Crippen LogP contribution in [0.5, 0.6) is 0 Å². The molecule has 0 radical (unpaired) electrons. The number of carbonyl (C=O) groups excluding carboxylic acids is 1. The second kappa shape index (κ2) is 4.83. The highest BCUT2D eigenvalue weighted by molar-refractivity contribution is 5.75. The van der Waals surface area contributed by atoms with Gasteiger partial charge in [0.1, 0.15) is 6.23 Å². The van der Waals surface area contributed by atoms with E-state index in [0.717, 1.165) is 6.42 Å². The van der Waals surface area contributed by atoms with E-state index in [-0.39, 0.29) is 17.7 Å². The zero-order valence-electron chi connectivity index (χ0n) is 10.8. The zero-order valence-corrected chi connectivity index (χ0v) is 10.8. The molecule has 3 heteroatoms. The van der Waals surface area contributed by atoms with E-state index in [2.05, 4.69) is 26.0 Å². The molecule has 1 aliphatic carbocycles. The van der Waals surface area contributed by atoms with Gasteiger partial charge in [-0.05, 0) is 32.8 Å². The van der Waals surface area contributed by atoms with Crippen molar-refractivity contribution in [3.63, 3.8) is 0 Å². The largest absolute Gasteiger partial charge is 0.362 e. The molecule has 0 spiro atoms. The lowest BCUT2D eigenvalue weighted by Gasteiger charge is -2.45. The summed E-state index contributed by atoms with van der Waals surface area (Å²) in [6.45, 7) is 7.63. The summed E-state index contributed by atoms with van der Waals surface area (Å²) in [5.74, 6) is 0.0416. The highest BCUT2D eigenvalue weighted by Gasteiger charge is 2.38. The summed E-state index contributed by atoms with van der Waals surface area (Å²) in [6, 6.07) is 0. The number of hydrogen-bond donors (Lipinski definition) is 0. The van der Waals surface area contributed by atoms with E-state index >= 15 is 0 Å². The molecule has 0 fully saturated rings. The SMILES string of the molecule is COC(C)N(C(C)=O)C1(C)CC=CC=C1C. The number of hydrogen-bond acceptors (Lipinski definition) is 2. The van der Waals surface area contributed by atoms with Crippen LogP contribution in [0, 0.1) is 0 Å². The molecule has 0 bridgehead atoms. The average Bonchev–Trinajstić information content (AvgIpc) is 2.22. The summed E-state index contributed by atoms with van der Waals surface area (Å²) >= 11 is 0. The molecular formula is C13H21NO2. The predicted octanol–water partition coefficient (Wildman–Crippen LogP) is 2.49. The van der Waals surface area contributed by atoms with E-state index in [0.29, 0.717) is 0 Å². The van der Waals surface area contributed by atoms with Gasteiger partial charge in [-0.2, -0.15) is 0 Å². The number of carbonyl (C=O) groups is 1. The highest BCUT2D eigenvalue weighted by atomic mass is 16.5. The molecule has 3 nitrogen and oxygen atoms in total. The number of rotatable bonds is 3. The third-order valence-corrected chi connectivity index (χ3v) is 3.42. The summed E-state index contributed by atoms with van der Waals surface area (Å²) in [5, 5.41) is 0. The topological polar surface area (TPSA) is 29.5 Å². The van der Waals surface area contributed by atoms with Crippen molar-refractivity contribution in [1.82, 2.24) is 4.90 Å². The molecule has 0 aliphatic heterocycles. The van der Waals surface area contributed by atoms with Crippen LogP contribution in [0.25, 0.3) is 0 Å². The Hall–Kier alpha value is -1.09. The Labute approximate surface area is 97.8 Å². The van der Waals surface area contributed by atoms with Gasteiger partial charge in [-0.15, -0.1) is 0 Å². The lowest BCUT2D eigenvalue weighted by Crippen LogP contribution is -2.54. The minimum atomic E-state index is -0.268. The Kier molecular flexibility index (Phi) is 3.92. The second-order valence-corrected chi connectivity index (χ2v) is 4.48. The van der Waals surface area contributed by atoms with Crippen molar-refractivity contribution in [3.8, 4) is 0 Å². The Bertz CT molecular complexity index is 333. The number of allylic oxidation sites excluding steroid dienone is 2. The third kappa shape index (κ3) is 2.19. The maximum Gasteiger partial charge on any atom is 0.222 e. The first-order chi connectivity index (χ1) is 7.43. The highest BCUT2D eigenvalue weighted by Crippen LogP contribution is 2.33. The molecule has 90 valence electrons. The van der Waals surface area contributed by atoms with Crippen LogP contribution < -0.4 is 0 Å². The lowest BCUT2D eigenvalue weighted by atomic mass is 9.83. The Morgan fingerprint density at radius 3 is 2.69 bits per heavy atom. The molecule has 2 unspecified atom stereocenters. The van der Waals surface area contributed by atoms with Gasteiger partial charge in [-0.25, -0.2) is 0 Å². The molecule has 0 N–H and O–H groups in total. The van der Waals surface area contributed by atoms with Gasteiger partial charge >= 0.3 is 0 Å². The minimum absolute atomic E-state index is 0.0416. The summed E-state index contributed by atoms with van der Waals surface area (Å²) in [4.78, 5) is 13.6. The molecule has 1 aliphatic rings. The average molecular weight is 223 g/mol. The van der Waals surface area contributed by atoms with Gasteiger partial charge in [0.25, 0.3) is 0 Å². The van der Waals surface area contributed by atoms with Gasteiger partial charge in [0.05, 0.1) is 5.54 Å². The van der Waals surface area contributed by atoms with E-state index in [1.165, 1.54) is 5.57 Å². The van der Waals surface area contributed by atoms with Crippen LogP contribution in [0.3, 0.4) is 0 Å². The number of nitrogens with zero attached hydrogens (tertiary/aromatic N) is 1. The Morgan fingerprint density at radius 2 is 2.25 bits per heavy atom. The van der Waals surface area contributed by atoms with Crippen LogP contribution in [-0.2, 0) is 9.53 Å². The van der Waals surface area contributed by atoms with Crippen LogP contribution in [-0.4, -0.2) is 29.7 Å². The number of amides is 1. The molecule has 1 amide bonds. The van der Waals surface area contributed by atoms with Gasteiger partial charge in [0.2, 0.25) is 5.91 Å². The molecule has 0 aromatic rings. The fourth-order valence-electron chi connectivity index (χ4n) is 2.25. The van der Waals surface area contributed by atoms with Crippen molar-refractivity contribution in [2.75, 3.05) is 7.11 Å². The van der Waals surface area contributed by atoms with E-state index in [1.807, 2.05) is 17.9 Å². The third-order valence-electron chi connectivity index (χ3n) is 3.42. The van der Waals surface area contributed by atoms with Crippen molar-refractivity contribution in [2.24, 2.45) is 0 Å². The zero-order chi connectivity index (χ0) is 12.3. The number of ether oxygens (including phenoxy) is 1. The van der Waals surface area contributed by atoms with Crippen molar-refractivity contribution in [2.45, 2.75) is 45.9 Å². The molecular weight excluding hydrogens is 202 g/mol. The van der Waals surface area contributed by atoms with Gasteiger partial charge < -0.3 is 9.64 Å². The lowest BCUT2D eigenvalue weighted by molar-refractivity contribution is -0.149. The van der Waals surface area contributed by atoms with Crippen LogP contribution >= 0.6 is 0 Å². The Balaban J connectivity index is 3.07. The maximum absolute atomic E-state index is 11.8. The molecule has 16 heavy (non-hydrogen) atoms. The predicted molar refractivity (Wildman–Crippen MR) is 64.9 cm³/mol. The normalized spacial score (nSPS) is 26.2.